The maximum atomic E-state index is 10.5. The highest BCUT2D eigenvalue weighted by Crippen LogP contribution is 2.30. The van der Waals surface area contributed by atoms with Crippen LogP contribution in [-0.2, 0) is 24.1 Å². The molecule has 1 heterocycles. The molecule has 0 bridgehead atoms. The highest BCUT2D eigenvalue weighted by molar-refractivity contribution is 7.12. The van der Waals surface area contributed by atoms with Gasteiger partial charge in [0.2, 0.25) is 0 Å². The van der Waals surface area contributed by atoms with Crippen molar-refractivity contribution in [3.05, 3.63) is 21.4 Å². The summed E-state index contributed by atoms with van der Waals surface area (Å²) in [5.41, 5.74) is 1.36. The van der Waals surface area contributed by atoms with Crippen LogP contribution in [0.25, 0.3) is 0 Å². The highest BCUT2D eigenvalue weighted by Gasteiger charge is 2.18. The lowest BCUT2D eigenvalue weighted by Gasteiger charge is -2.08. The monoisotopic (exact) mass is 226 g/mol. The topological polar surface area (TPSA) is 57.5 Å². The number of aliphatic hydroxyl groups excluding tert-OH is 1. The van der Waals surface area contributed by atoms with Gasteiger partial charge in [0, 0.05) is 16.2 Å². The number of fused-ring (bicyclic) bond motifs is 1. The van der Waals surface area contributed by atoms with Crippen LogP contribution in [0, 0.1) is 0 Å². The maximum absolute atomic E-state index is 10.5. The molecule has 0 saturated carbocycles. The predicted octanol–water partition coefficient (Wildman–Crippen LogP) is 1.61. The van der Waals surface area contributed by atoms with Gasteiger partial charge >= 0.3 is 5.97 Å². The van der Waals surface area contributed by atoms with E-state index in [-0.39, 0.29) is 6.42 Å². The van der Waals surface area contributed by atoms with Crippen molar-refractivity contribution in [3.63, 3.8) is 0 Å². The minimum atomic E-state index is -1.26. The lowest BCUT2D eigenvalue weighted by atomic mass is 9.99. The van der Waals surface area contributed by atoms with Crippen LogP contribution in [0.3, 0.4) is 0 Å². The molecule has 0 fully saturated rings. The van der Waals surface area contributed by atoms with Crippen molar-refractivity contribution in [1.82, 2.24) is 0 Å². The Labute approximate surface area is 92.4 Å². The molecular weight excluding hydrogens is 212 g/mol. The third-order valence-electron chi connectivity index (χ3n) is 2.73. The van der Waals surface area contributed by atoms with E-state index in [1.54, 1.807) is 11.3 Å². The van der Waals surface area contributed by atoms with Crippen LogP contribution < -0.4 is 0 Å². The van der Waals surface area contributed by atoms with E-state index in [0.29, 0.717) is 0 Å². The normalized spacial score (nSPS) is 17.1. The average Bonchev–Trinajstić information content (AvgIpc) is 2.59. The summed E-state index contributed by atoms with van der Waals surface area (Å²) >= 11 is 1.66. The second-order valence-electron chi connectivity index (χ2n) is 3.93. The summed E-state index contributed by atoms with van der Waals surface area (Å²) in [6, 6.07) is 2.06. The van der Waals surface area contributed by atoms with Gasteiger partial charge in [-0.1, -0.05) is 0 Å². The van der Waals surface area contributed by atoms with Gasteiger partial charge in [0.05, 0.1) is 0 Å². The Morgan fingerprint density at radius 3 is 2.87 bits per heavy atom. The van der Waals surface area contributed by atoms with Gasteiger partial charge in [0.15, 0.2) is 6.10 Å². The van der Waals surface area contributed by atoms with Crippen LogP contribution in [0.1, 0.15) is 28.2 Å². The van der Waals surface area contributed by atoms with Crippen molar-refractivity contribution < 1.29 is 15.0 Å². The Morgan fingerprint density at radius 1 is 1.47 bits per heavy atom. The molecule has 1 aliphatic rings. The summed E-state index contributed by atoms with van der Waals surface area (Å²) in [5.74, 6) is -1.14. The van der Waals surface area contributed by atoms with E-state index in [9.17, 15) is 9.90 Å². The lowest BCUT2D eigenvalue weighted by Crippen LogP contribution is -2.21. The smallest absolute Gasteiger partial charge is 0.332 e. The summed E-state index contributed by atoms with van der Waals surface area (Å²) in [4.78, 5) is 12.9. The van der Waals surface area contributed by atoms with Gasteiger partial charge in [-0.15, -0.1) is 11.3 Å². The molecule has 2 N–H and O–H groups in total. The van der Waals surface area contributed by atoms with E-state index in [2.05, 4.69) is 6.07 Å². The first-order valence-corrected chi connectivity index (χ1v) is 6.00. The molecule has 0 spiro atoms. The minimum absolute atomic E-state index is 0.243. The fraction of sp³-hybridized carbons (Fsp3) is 0.545. The number of hydrogen-bond acceptors (Lipinski definition) is 3. The van der Waals surface area contributed by atoms with Crippen LogP contribution in [-0.4, -0.2) is 22.3 Å². The lowest BCUT2D eigenvalue weighted by molar-refractivity contribution is -0.146. The zero-order valence-electron chi connectivity index (χ0n) is 8.40. The van der Waals surface area contributed by atoms with Crippen LogP contribution in [0.4, 0.5) is 0 Å². The number of aryl methyl sites for hydroxylation is 2. The molecule has 0 amide bonds. The van der Waals surface area contributed by atoms with Gasteiger partial charge in [-0.05, 0) is 37.3 Å². The Morgan fingerprint density at radius 2 is 2.20 bits per heavy atom. The second kappa shape index (κ2) is 4.33. The zero-order valence-corrected chi connectivity index (χ0v) is 9.22. The van der Waals surface area contributed by atoms with E-state index < -0.39 is 12.1 Å². The molecule has 1 atom stereocenters. The van der Waals surface area contributed by atoms with Crippen molar-refractivity contribution in [3.8, 4) is 0 Å². The van der Waals surface area contributed by atoms with E-state index in [0.717, 1.165) is 17.7 Å². The van der Waals surface area contributed by atoms with Crippen molar-refractivity contribution in [2.24, 2.45) is 0 Å². The summed E-state index contributed by atoms with van der Waals surface area (Å²) in [6.07, 6.45) is 3.66. The zero-order chi connectivity index (χ0) is 10.8. The summed E-state index contributed by atoms with van der Waals surface area (Å²) < 4.78 is 0. The van der Waals surface area contributed by atoms with Gasteiger partial charge in [0.1, 0.15) is 0 Å². The van der Waals surface area contributed by atoms with Crippen molar-refractivity contribution in [1.29, 1.82) is 0 Å². The number of aliphatic carboxylic acids is 1. The van der Waals surface area contributed by atoms with Gasteiger partial charge in [-0.2, -0.15) is 0 Å². The largest absolute Gasteiger partial charge is 0.479 e. The summed E-state index contributed by atoms with van der Waals surface area (Å²) in [5, 5.41) is 17.8. The molecule has 4 heteroatoms. The fourth-order valence-electron chi connectivity index (χ4n) is 1.93. The van der Waals surface area contributed by atoms with Gasteiger partial charge in [-0.3, -0.25) is 0 Å². The Hall–Kier alpha value is -0.870. The standard InChI is InChI=1S/C11H14O3S/c12-9(11(13)14)6-8-5-7-3-1-2-4-10(7)15-8/h5,9,12H,1-4,6H2,(H,13,14). The number of hydrogen-bond donors (Lipinski definition) is 2. The Bertz CT molecular complexity index is 346. The number of thiophene rings is 1. The van der Waals surface area contributed by atoms with Crippen LogP contribution in [0.2, 0.25) is 0 Å². The minimum Gasteiger partial charge on any atom is -0.479 e. The van der Waals surface area contributed by atoms with E-state index in [1.165, 1.54) is 23.3 Å². The summed E-state index contributed by atoms with van der Waals surface area (Å²) in [6.45, 7) is 0. The van der Waals surface area contributed by atoms with E-state index >= 15 is 0 Å². The Balaban J connectivity index is 2.09. The van der Waals surface area contributed by atoms with Crippen molar-refractivity contribution in [2.75, 3.05) is 0 Å². The first-order chi connectivity index (χ1) is 7.16. The van der Waals surface area contributed by atoms with Gasteiger partial charge < -0.3 is 10.2 Å². The molecule has 3 nitrogen and oxygen atoms in total. The first-order valence-electron chi connectivity index (χ1n) is 5.18. The predicted molar refractivity (Wildman–Crippen MR) is 58.3 cm³/mol. The molecule has 2 rings (SSSR count). The van der Waals surface area contributed by atoms with E-state index in [1.807, 2.05) is 0 Å². The first kappa shape index (κ1) is 10.6. The number of aliphatic hydroxyl groups is 1. The van der Waals surface area contributed by atoms with Crippen molar-refractivity contribution in [2.45, 2.75) is 38.2 Å². The molecular formula is C11H14O3S. The van der Waals surface area contributed by atoms with E-state index in [4.69, 9.17) is 5.11 Å². The molecule has 15 heavy (non-hydrogen) atoms. The molecule has 0 aliphatic heterocycles. The second-order valence-corrected chi connectivity index (χ2v) is 5.15. The molecule has 0 aromatic carbocycles. The quantitative estimate of drug-likeness (QED) is 0.823. The molecule has 1 aromatic heterocycles. The third-order valence-corrected chi connectivity index (χ3v) is 3.99. The molecule has 1 aromatic rings. The maximum Gasteiger partial charge on any atom is 0.332 e. The third kappa shape index (κ3) is 2.38. The van der Waals surface area contributed by atoms with Crippen molar-refractivity contribution >= 4 is 17.3 Å². The number of carboxylic acid groups (broad SMARTS) is 1. The fourth-order valence-corrected chi connectivity index (χ4v) is 3.23. The van der Waals surface area contributed by atoms with Crippen LogP contribution in [0.15, 0.2) is 6.07 Å². The number of rotatable bonds is 3. The van der Waals surface area contributed by atoms with Crippen LogP contribution in [0.5, 0.6) is 0 Å². The highest BCUT2D eigenvalue weighted by atomic mass is 32.1. The summed E-state index contributed by atoms with van der Waals surface area (Å²) in [7, 11) is 0. The molecule has 1 aliphatic carbocycles. The molecule has 1 unspecified atom stereocenters. The molecule has 82 valence electrons. The van der Waals surface area contributed by atoms with Gasteiger partial charge in [0.25, 0.3) is 0 Å². The average molecular weight is 226 g/mol. The molecule has 0 radical (unpaired) electrons. The van der Waals surface area contributed by atoms with Gasteiger partial charge in [-0.25, -0.2) is 4.79 Å². The van der Waals surface area contributed by atoms with Crippen LogP contribution >= 0.6 is 11.3 Å². The number of carbonyl (C=O) groups is 1. The molecule has 0 saturated heterocycles. The number of carboxylic acids is 1. The SMILES string of the molecule is O=C(O)C(O)Cc1cc2c(s1)CCCC2. The Kier molecular flexibility index (Phi) is 3.07.